The van der Waals surface area contributed by atoms with Crippen molar-refractivity contribution in [1.82, 2.24) is 4.90 Å². The largest absolute Gasteiger partial charge is 0.480 e. The molecule has 1 atom stereocenters. The van der Waals surface area contributed by atoms with E-state index in [-0.39, 0.29) is 13.1 Å². The standard InChI is InChI=1S/C10H18F3NO2/c1-4-6-14(7-5-2)9(3,8(15)16)10(11,12)13/h4-7H2,1-3H3,(H,15,16). The quantitative estimate of drug-likeness (QED) is 0.776. The molecule has 0 aliphatic carbocycles. The van der Waals surface area contributed by atoms with Gasteiger partial charge in [0.25, 0.3) is 0 Å². The smallest absolute Gasteiger partial charge is 0.417 e. The summed E-state index contributed by atoms with van der Waals surface area (Å²) in [6.45, 7) is 4.41. The molecule has 0 aromatic carbocycles. The molecule has 0 radical (unpaired) electrons. The third-order valence-corrected chi connectivity index (χ3v) is 2.59. The van der Waals surface area contributed by atoms with Crippen LogP contribution in [0.5, 0.6) is 0 Å². The fraction of sp³-hybridized carbons (Fsp3) is 0.900. The number of rotatable bonds is 6. The van der Waals surface area contributed by atoms with Crippen LogP contribution in [0.2, 0.25) is 0 Å². The van der Waals surface area contributed by atoms with Crippen molar-refractivity contribution < 1.29 is 23.1 Å². The number of carboxylic acid groups (broad SMARTS) is 1. The van der Waals surface area contributed by atoms with E-state index in [0.717, 1.165) is 11.8 Å². The first-order valence-electron chi connectivity index (χ1n) is 5.26. The van der Waals surface area contributed by atoms with E-state index in [1.807, 2.05) is 0 Å². The van der Waals surface area contributed by atoms with Crippen LogP contribution in [0, 0.1) is 0 Å². The van der Waals surface area contributed by atoms with E-state index >= 15 is 0 Å². The molecule has 1 N–H and O–H groups in total. The molecule has 0 aliphatic rings. The van der Waals surface area contributed by atoms with Crippen LogP contribution in [0.15, 0.2) is 0 Å². The van der Waals surface area contributed by atoms with Crippen LogP contribution < -0.4 is 0 Å². The number of halogens is 3. The number of nitrogens with zero attached hydrogens (tertiary/aromatic N) is 1. The molecule has 6 heteroatoms. The molecule has 0 bridgehead atoms. The Kier molecular flexibility index (Phi) is 5.25. The molecule has 0 heterocycles. The van der Waals surface area contributed by atoms with E-state index in [4.69, 9.17) is 5.11 Å². The lowest BCUT2D eigenvalue weighted by atomic mass is 9.98. The van der Waals surface area contributed by atoms with Crippen molar-refractivity contribution in [2.24, 2.45) is 0 Å². The Morgan fingerprint density at radius 3 is 1.75 bits per heavy atom. The molecule has 3 nitrogen and oxygen atoms in total. The summed E-state index contributed by atoms with van der Waals surface area (Å²) >= 11 is 0. The van der Waals surface area contributed by atoms with Gasteiger partial charge in [-0.3, -0.25) is 4.90 Å². The molecule has 0 aromatic heterocycles. The van der Waals surface area contributed by atoms with Gasteiger partial charge in [-0.05, 0) is 32.9 Å². The molecule has 0 spiro atoms. The van der Waals surface area contributed by atoms with Crippen LogP contribution in [-0.2, 0) is 4.79 Å². The van der Waals surface area contributed by atoms with E-state index < -0.39 is 17.7 Å². The molecule has 96 valence electrons. The number of hydrogen-bond donors (Lipinski definition) is 1. The van der Waals surface area contributed by atoms with Crippen molar-refractivity contribution in [1.29, 1.82) is 0 Å². The maximum Gasteiger partial charge on any atom is 0.417 e. The Hall–Kier alpha value is -0.780. The van der Waals surface area contributed by atoms with Crippen LogP contribution in [0.1, 0.15) is 33.6 Å². The third kappa shape index (κ3) is 2.87. The maximum atomic E-state index is 12.8. The Morgan fingerprint density at radius 2 is 1.56 bits per heavy atom. The second-order valence-corrected chi connectivity index (χ2v) is 3.86. The predicted molar refractivity (Wildman–Crippen MR) is 54.3 cm³/mol. The molecule has 0 saturated carbocycles. The first-order valence-corrected chi connectivity index (χ1v) is 5.26. The van der Waals surface area contributed by atoms with Gasteiger partial charge in [0.15, 0.2) is 0 Å². The van der Waals surface area contributed by atoms with Gasteiger partial charge in [-0.25, -0.2) is 4.79 Å². The number of alkyl halides is 3. The average Bonchev–Trinajstić information content (AvgIpc) is 2.14. The minimum atomic E-state index is -4.77. The van der Waals surface area contributed by atoms with Gasteiger partial charge in [0.1, 0.15) is 0 Å². The van der Waals surface area contributed by atoms with Gasteiger partial charge < -0.3 is 5.11 Å². The molecular weight excluding hydrogens is 223 g/mol. The van der Waals surface area contributed by atoms with Crippen LogP contribution in [0.3, 0.4) is 0 Å². The van der Waals surface area contributed by atoms with Gasteiger partial charge in [-0.1, -0.05) is 13.8 Å². The SMILES string of the molecule is CCCN(CCC)C(C)(C(=O)O)C(F)(F)F. The highest BCUT2D eigenvalue weighted by Gasteiger charge is 2.60. The van der Waals surface area contributed by atoms with E-state index in [0.29, 0.717) is 12.8 Å². The summed E-state index contributed by atoms with van der Waals surface area (Å²) < 4.78 is 38.5. The molecule has 0 aliphatic heterocycles. The topological polar surface area (TPSA) is 40.5 Å². The summed E-state index contributed by atoms with van der Waals surface area (Å²) in [7, 11) is 0. The second-order valence-electron chi connectivity index (χ2n) is 3.86. The van der Waals surface area contributed by atoms with Crippen LogP contribution in [-0.4, -0.2) is 40.8 Å². The number of carboxylic acids is 1. The highest BCUT2D eigenvalue weighted by Crippen LogP contribution is 2.35. The Labute approximate surface area is 93.2 Å². The predicted octanol–water partition coefficient (Wildman–Crippen LogP) is 2.51. The molecule has 0 rings (SSSR count). The third-order valence-electron chi connectivity index (χ3n) is 2.59. The monoisotopic (exact) mass is 241 g/mol. The van der Waals surface area contributed by atoms with Gasteiger partial charge in [0.05, 0.1) is 0 Å². The van der Waals surface area contributed by atoms with Gasteiger partial charge >= 0.3 is 12.1 Å². The van der Waals surface area contributed by atoms with Crippen molar-refractivity contribution in [3.05, 3.63) is 0 Å². The average molecular weight is 241 g/mol. The van der Waals surface area contributed by atoms with E-state index in [9.17, 15) is 18.0 Å². The van der Waals surface area contributed by atoms with E-state index in [1.165, 1.54) is 0 Å². The van der Waals surface area contributed by atoms with Crippen LogP contribution in [0.25, 0.3) is 0 Å². The van der Waals surface area contributed by atoms with Crippen molar-refractivity contribution in [3.63, 3.8) is 0 Å². The number of carbonyl (C=O) groups is 1. The van der Waals surface area contributed by atoms with Gasteiger partial charge in [0.2, 0.25) is 5.54 Å². The van der Waals surface area contributed by atoms with Gasteiger partial charge in [-0.15, -0.1) is 0 Å². The lowest BCUT2D eigenvalue weighted by Crippen LogP contribution is -2.62. The fourth-order valence-corrected chi connectivity index (χ4v) is 1.53. The minimum Gasteiger partial charge on any atom is -0.480 e. The number of hydrogen-bond acceptors (Lipinski definition) is 2. The molecule has 0 saturated heterocycles. The van der Waals surface area contributed by atoms with E-state index in [1.54, 1.807) is 13.8 Å². The Morgan fingerprint density at radius 1 is 1.19 bits per heavy atom. The van der Waals surface area contributed by atoms with Crippen molar-refractivity contribution in [3.8, 4) is 0 Å². The first-order chi connectivity index (χ1) is 7.21. The Balaban J connectivity index is 5.20. The molecule has 0 aromatic rings. The molecule has 16 heavy (non-hydrogen) atoms. The zero-order valence-corrected chi connectivity index (χ0v) is 9.76. The van der Waals surface area contributed by atoms with Crippen LogP contribution >= 0.6 is 0 Å². The molecule has 0 fully saturated rings. The van der Waals surface area contributed by atoms with E-state index in [2.05, 4.69) is 0 Å². The second kappa shape index (κ2) is 5.52. The maximum absolute atomic E-state index is 12.8. The normalized spacial score (nSPS) is 16.2. The Bertz CT molecular complexity index is 237. The van der Waals surface area contributed by atoms with Crippen LogP contribution in [0.4, 0.5) is 13.2 Å². The van der Waals surface area contributed by atoms with Gasteiger partial charge in [-0.2, -0.15) is 13.2 Å². The van der Waals surface area contributed by atoms with Gasteiger partial charge in [0, 0.05) is 0 Å². The first kappa shape index (κ1) is 15.2. The molecular formula is C10H18F3NO2. The fourth-order valence-electron chi connectivity index (χ4n) is 1.53. The summed E-state index contributed by atoms with van der Waals surface area (Å²) in [6.07, 6.45) is -3.80. The summed E-state index contributed by atoms with van der Waals surface area (Å²) in [5, 5.41) is 8.83. The molecule has 1 unspecified atom stereocenters. The zero-order valence-electron chi connectivity index (χ0n) is 9.76. The van der Waals surface area contributed by atoms with Crippen molar-refractivity contribution in [2.75, 3.05) is 13.1 Å². The minimum absolute atomic E-state index is 0.121. The lowest BCUT2D eigenvalue weighted by molar-refractivity contribution is -0.233. The summed E-state index contributed by atoms with van der Waals surface area (Å²) in [5.41, 5.74) is -2.79. The van der Waals surface area contributed by atoms with Crippen molar-refractivity contribution in [2.45, 2.75) is 45.3 Å². The zero-order chi connectivity index (χ0) is 13.0. The van der Waals surface area contributed by atoms with Crippen molar-refractivity contribution >= 4 is 5.97 Å². The molecule has 0 amide bonds. The number of aliphatic carboxylic acids is 1. The lowest BCUT2D eigenvalue weighted by Gasteiger charge is -2.38. The summed E-state index contributed by atoms with van der Waals surface area (Å²) in [5.74, 6) is -1.85. The summed E-state index contributed by atoms with van der Waals surface area (Å²) in [4.78, 5) is 11.9. The highest BCUT2D eigenvalue weighted by atomic mass is 19.4. The summed E-state index contributed by atoms with van der Waals surface area (Å²) in [6, 6.07) is 0. The highest BCUT2D eigenvalue weighted by molar-refractivity contribution is 5.79.